The van der Waals surface area contributed by atoms with Crippen molar-refractivity contribution in [2.24, 2.45) is 0 Å². The smallest absolute Gasteiger partial charge is 0.142 e. The highest BCUT2D eigenvalue weighted by molar-refractivity contribution is 5.65. The van der Waals surface area contributed by atoms with Crippen LogP contribution in [-0.4, -0.2) is 23.6 Å². The summed E-state index contributed by atoms with van der Waals surface area (Å²) in [7, 11) is 2.05. The number of halogens is 1. The van der Waals surface area contributed by atoms with Crippen molar-refractivity contribution in [1.82, 2.24) is 9.97 Å². The Hall–Kier alpha value is -1.97. The third-order valence-electron chi connectivity index (χ3n) is 3.28. The van der Waals surface area contributed by atoms with Crippen LogP contribution in [0.25, 0.3) is 11.1 Å². The molecule has 0 N–H and O–H groups in total. The molecule has 4 heteroatoms. The Bertz CT molecular complexity index is 583. The monoisotopic (exact) mass is 243 g/mol. The van der Waals surface area contributed by atoms with Gasteiger partial charge in [0.05, 0.1) is 6.20 Å². The number of hydrogen-bond acceptors (Lipinski definition) is 3. The SMILES string of the molecule is CN1CCCc2cc(-c3cncc(F)c3)cnc21. The van der Waals surface area contributed by atoms with Crippen molar-refractivity contribution in [2.45, 2.75) is 12.8 Å². The lowest BCUT2D eigenvalue weighted by molar-refractivity contribution is 0.622. The van der Waals surface area contributed by atoms with Gasteiger partial charge >= 0.3 is 0 Å². The van der Waals surface area contributed by atoms with Crippen LogP contribution in [-0.2, 0) is 6.42 Å². The van der Waals surface area contributed by atoms with Gasteiger partial charge in [-0.3, -0.25) is 4.98 Å². The summed E-state index contributed by atoms with van der Waals surface area (Å²) >= 11 is 0. The molecule has 0 aliphatic carbocycles. The lowest BCUT2D eigenvalue weighted by Gasteiger charge is -2.26. The number of aromatic nitrogens is 2. The van der Waals surface area contributed by atoms with E-state index in [1.54, 1.807) is 12.4 Å². The van der Waals surface area contributed by atoms with E-state index >= 15 is 0 Å². The number of nitrogens with zero attached hydrogens (tertiary/aromatic N) is 3. The third-order valence-corrected chi connectivity index (χ3v) is 3.28. The fraction of sp³-hybridized carbons (Fsp3) is 0.286. The summed E-state index contributed by atoms with van der Waals surface area (Å²) in [5.41, 5.74) is 2.93. The van der Waals surface area contributed by atoms with Crippen LogP contribution >= 0.6 is 0 Å². The van der Waals surface area contributed by atoms with Gasteiger partial charge in [0.25, 0.3) is 0 Å². The molecular weight excluding hydrogens is 229 g/mol. The second-order valence-corrected chi connectivity index (χ2v) is 4.62. The van der Waals surface area contributed by atoms with Crippen LogP contribution in [0.4, 0.5) is 10.2 Å². The van der Waals surface area contributed by atoms with Gasteiger partial charge in [-0.05, 0) is 30.5 Å². The minimum atomic E-state index is -0.317. The van der Waals surface area contributed by atoms with E-state index in [9.17, 15) is 4.39 Å². The number of aryl methyl sites for hydroxylation is 1. The first-order valence-electron chi connectivity index (χ1n) is 6.05. The molecule has 0 saturated carbocycles. The number of rotatable bonds is 1. The minimum Gasteiger partial charge on any atom is -0.359 e. The molecule has 18 heavy (non-hydrogen) atoms. The summed E-state index contributed by atoms with van der Waals surface area (Å²) in [4.78, 5) is 10.5. The average molecular weight is 243 g/mol. The highest BCUT2D eigenvalue weighted by Gasteiger charge is 2.15. The Labute approximate surface area is 105 Å². The van der Waals surface area contributed by atoms with Gasteiger partial charge in [-0.15, -0.1) is 0 Å². The van der Waals surface area contributed by atoms with E-state index in [0.29, 0.717) is 0 Å². The average Bonchev–Trinajstić information content (AvgIpc) is 2.39. The zero-order valence-electron chi connectivity index (χ0n) is 10.2. The van der Waals surface area contributed by atoms with Crippen molar-refractivity contribution < 1.29 is 4.39 Å². The molecular formula is C14H14FN3. The molecule has 0 unspecified atom stereocenters. The van der Waals surface area contributed by atoms with Crippen LogP contribution in [0.1, 0.15) is 12.0 Å². The van der Waals surface area contributed by atoms with Crippen LogP contribution in [0.15, 0.2) is 30.7 Å². The second kappa shape index (κ2) is 4.37. The fourth-order valence-corrected chi connectivity index (χ4v) is 2.37. The summed E-state index contributed by atoms with van der Waals surface area (Å²) < 4.78 is 13.2. The largest absolute Gasteiger partial charge is 0.359 e. The normalized spacial score (nSPS) is 14.4. The Morgan fingerprint density at radius 1 is 1.17 bits per heavy atom. The van der Waals surface area contributed by atoms with E-state index in [2.05, 4.69) is 28.0 Å². The standard InChI is InChI=1S/C14H14FN3/c1-18-4-2-3-10-5-11(8-17-14(10)18)12-6-13(15)9-16-7-12/h5-9H,2-4H2,1H3. The first kappa shape index (κ1) is 11.1. The Kier molecular flexibility index (Phi) is 2.70. The number of pyridine rings is 2. The third kappa shape index (κ3) is 1.94. The Balaban J connectivity index is 2.04. The van der Waals surface area contributed by atoms with Gasteiger partial charge in [-0.25, -0.2) is 9.37 Å². The lowest BCUT2D eigenvalue weighted by atomic mass is 10.0. The molecule has 0 radical (unpaired) electrons. The molecule has 0 amide bonds. The van der Waals surface area contributed by atoms with Gasteiger partial charge < -0.3 is 4.90 Å². The van der Waals surface area contributed by atoms with Crippen molar-refractivity contribution in [3.8, 4) is 11.1 Å². The molecule has 0 atom stereocenters. The minimum absolute atomic E-state index is 0.317. The van der Waals surface area contributed by atoms with Gasteiger partial charge in [0.15, 0.2) is 0 Å². The molecule has 0 spiro atoms. The van der Waals surface area contributed by atoms with Crippen LogP contribution in [0.5, 0.6) is 0 Å². The van der Waals surface area contributed by atoms with E-state index in [-0.39, 0.29) is 5.82 Å². The summed E-state index contributed by atoms with van der Waals surface area (Å²) in [6.07, 6.45) is 6.83. The Morgan fingerprint density at radius 3 is 2.83 bits per heavy atom. The van der Waals surface area contributed by atoms with Crippen LogP contribution in [0.2, 0.25) is 0 Å². The number of hydrogen-bond donors (Lipinski definition) is 0. The zero-order valence-corrected chi connectivity index (χ0v) is 10.2. The molecule has 3 rings (SSSR count). The fourth-order valence-electron chi connectivity index (χ4n) is 2.37. The lowest BCUT2D eigenvalue weighted by Crippen LogP contribution is -2.25. The van der Waals surface area contributed by atoms with Crippen LogP contribution in [0, 0.1) is 5.82 Å². The van der Waals surface area contributed by atoms with E-state index in [0.717, 1.165) is 36.3 Å². The molecule has 2 aromatic heterocycles. The molecule has 3 nitrogen and oxygen atoms in total. The topological polar surface area (TPSA) is 29.0 Å². The van der Waals surface area contributed by atoms with E-state index < -0.39 is 0 Å². The summed E-state index contributed by atoms with van der Waals surface area (Å²) in [6.45, 7) is 1.04. The molecule has 0 aromatic carbocycles. The number of anilines is 1. The molecule has 3 heterocycles. The summed E-state index contributed by atoms with van der Waals surface area (Å²) in [5.74, 6) is 0.719. The summed E-state index contributed by atoms with van der Waals surface area (Å²) in [5, 5.41) is 0. The molecule has 2 aromatic rings. The molecule has 92 valence electrons. The van der Waals surface area contributed by atoms with Crippen molar-refractivity contribution >= 4 is 5.82 Å². The zero-order chi connectivity index (χ0) is 12.5. The second-order valence-electron chi connectivity index (χ2n) is 4.62. The van der Waals surface area contributed by atoms with Gasteiger partial charge in [0, 0.05) is 37.1 Å². The van der Waals surface area contributed by atoms with Crippen molar-refractivity contribution in [3.05, 3.63) is 42.1 Å². The van der Waals surface area contributed by atoms with Gasteiger partial charge in [-0.1, -0.05) is 0 Å². The first-order valence-corrected chi connectivity index (χ1v) is 6.05. The van der Waals surface area contributed by atoms with Crippen molar-refractivity contribution in [1.29, 1.82) is 0 Å². The predicted molar refractivity (Wildman–Crippen MR) is 69.0 cm³/mol. The van der Waals surface area contributed by atoms with Gasteiger partial charge in [0.2, 0.25) is 0 Å². The first-order chi connectivity index (χ1) is 8.74. The highest BCUT2D eigenvalue weighted by Crippen LogP contribution is 2.28. The molecule has 0 bridgehead atoms. The summed E-state index contributed by atoms with van der Waals surface area (Å²) in [6, 6.07) is 3.58. The predicted octanol–water partition coefficient (Wildman–Crippen LogP) is 2.67. The molecule has 0 saturated heterocycles. The molecule has 0 fully saturated rings. The van der Waals surface area contributed by atoms with Crippen LogP contribution in [0.3, 0.4) is 0 Å². The quantitative estimate of drug-likeness (QED) is 0.771. The van der Waals surface area contributed by atoms with E-state index in [1.807, 2.05) is 0 Å². The van der Waals surface area contributed by atoms with Crippen LogP contribution < -0.4 is 4.90 Å². The highest BCUT2D eigenvalue weighted by atomic mass is 19.1. The van der Waals surface area contributed by atoms with Gasteiger partial charge in [0.1, 0.15) is 11.6 Å². The maximum atomic E-state index is 13.2. The molecule has 1 aliphatic heterocycles. The van der Waals surface area contributed by atoms with Gasteiger partial charge in [-0.2, -0.15) is 0 Å². The van der Waals surface area contributed by atoms with E-state index in [4.69, 9.17) is 0 Å². The molecule has 1 aliphatic rings. The van der Waals surface area contributed by atoms with Crippen molar-refractivity contribution in [2.75, 3.05) is 18.5 Å². The maximum absolute atomic E-state index is 13.2. The maximum Gasteiger partial charge on any atom is 0.142 e. The van der Waals surface area contributed by atoms with E-state index in [1.165, 1.54) is 17.8 Å². The number of fused-ring (bicyclic) bond motifs is 1. The van der Waals surface area contributed by atoms with Crippen molar-refractivity contribution in [3.63, 3.8) is 0 Å². The Morgan fingerprint density at radius 2 is 2.00 bits per heavy atom.